The highest BCUT2D eigenvalue weighted by molar-refractivity contribution is 7.99. The summed E-state index contributed by atoms with van der Waals surface area (Å²) in [5.74, 6) is 0.552. The van der Waals surface area contributed by atoms with Crippen LogP contribution in [-0.4, -0.2) is 12.0 Å². The van der Waals surface area contributed by atoms with Crippen molar-refractivity contribution in [2.75, 3.05) is 5.32 Å². The van der Waals surface area contributed by atoms with Crippen LogP contribution in [-0.2, 0) is 4.79 Å². The second-order valence-electron chi connectivity index (χ2n) is 5.93. The summed E-state index contributed by atoms with van der Waals surface area (Å²) in [5.41, 5.74) is 1.79. The van der Waals surface area contributed by atoms with Gasteiger partial charge in [0.1, 0.15) is 5.75 Å². The third-order valence-electron chi connectivity index (χ3n) is 3.88. The second kappa shape index (κ2) is 8.59. The summed E-state index contributed by atoms with van der Waals surface area (Å²) in [4.78, 5) is 14.7. The largest absolute Gasteiger partial charge is 0.481 e. The molecule has 132 valence electrons. The first-order valence-corrected chi connectivity index (χ1v) is 9.30. The maximum absolute atomic E-state index is 12.6. The van der Waals surface area contributed by atoms with E-state index >= 15 is 0 Å². The molecule has 4 heteroatoms. The van der Waals surface area contributed by atoms with Crippen LogP contribution in [0.3, 0.4) is 0 Å². The normalized spacial score (nSPS) is 11.6. The summed E-state index contributed by atoms with van der Waals surface area (Å²) in [6.45, 7) is 3.72. The Morgan fingerprint density at radius 3 is 2.35 bits per heavy atom. The Morgan fingerprint density at radius 1 is 0.923 bits per heavy atom. The van der Waals surface area contributed by atoms with Gasteiger partial charge in [0, 0.05) is 9.79 Å². The first-order chi connectivity index (χ1) is 12.6. The van der Waals surface area contributed by atoms with E-state index in [0.717, 1.165) is 26.8 Å². The maximum Gasteiger partial charge on any atom is 0.265 e. The predicted molar refractivity (Wildman–Crippen MR) is 107 cm³/mol. The maximum atomic E-state index is 12.6. The molecule has 3 rings (SSSR count). The highest BCUT2D eigenvalue weighted by atomic mass is 32.2. The Balaban J connectivity index is 1.70. The number of aryl methyl sites for hydroxylation is 1. The van der Waals surface area contributed by atoms with Crippen molar-refractivity contribution in [1.29, 1.82) is 0 Å². The lowest BCUT2D eigenvalue weighted by molar-refractivity contribution is -0.122. The van der Waals surface area contributed by atoms with Crippen LogP contribution in [0.5, 0.6) is 5.75 Å². The number of rotatable bonds is 6. The molecule has 3 nitrogen and oxygen atoms in total. The molecule has 1 amide bonds. The van der Waals surface area contributed by atoms with Gasteiger partial charge >= 0.3 is 0 Å². The molecule has 0 radical (unpaired) electrons. The van der Waals surface area contributed by atoms with Crippen LogP contribution in [0.1, 0.15) is 12.5 Å². The van der Waals surface area contributed by atoms with Gasteiger partial charge in [-0.2, -0.15) is 0 Å². The van der Waals surface area contributed by atoms with Crippen molar-refractivity contribution in [3.05, 3.63) is 84.4 Å². The van der Waals surface area contributed by atoms with Gasteiger partial charge in [-0.15, -0.1) is 0 Å². The third kappa shape index (κ3) is 4.67. The molecular formula is C22H21NO2S. The molecule has 0 aliphatic rings. The highest BCUT2D eigenvalue weighted by Gasteiger charge is 2.17. The lowest BCUT2D eigenvalue weighted by Gasteiger charge is -2.17. The quantitative estimate of drug-likeness (QED) is 0.624. The molecule has 0 aromatic heterocycles. The average molecular weight is 363 g/mol. The minimum absolute atomic E-state index is 0.172. The van der Waals surface area contributed by atoms with E-state index in [4.69, 9.17) is 4.74 Å². The predicted octanol–water partition coefficient (Wildman–Crippen LogP) is 5.55. The van der Waals surface area contributed by atoms with Crippen LogP contribution < -0.4 is 10.1 Å². The molecule has 3 aromatic rings. The smallest absolute Gasteiger partial charge is 0.265 e. The van der Waals surface area contributed by atoms with Crippen LogP contribution >= 0.6 is 11.8 Å². The van der Waals surface area contributed by atoms with Crippen molar-refractivity contribution in [2.24, 2.45) is 0 Å². The van der Waals surface area contributed by atoms with E-state index < -0.39 is 6.10 Å². The molecule has 0 spiro atoms. The fourth-order valence-electron chi connectivity index (χ4n) is 2.44. The zero-order valence-corrected chi connectivity index (χ0v) is 15.6. The summed E-state index contributed by atoms with van der Waals surface area (Å²) >= 11 is 1.62. The first-order valence-electron chi connectivity index (χ1n) is 8.48. The van der Waals surface area contributed by atoms with Crippen LogP contribution in [0.15, 0.2) is 88.7 Å². The van der Waals surface area contributed by atoms with Crippen LogP contribution in [0, 0.1) is 6.92 Å². The fraction of sp³-hybridized carbons (Fsp3) is 0.136. The second-order valence-corrected chi connectivity index (χ2v) is 7.04. The number of benzene rings is 3. The van der Waals surface area contributed by atoms with Gasteiger partial charge in [0.2, 0.25) is 0 Å². The molecule has 26 heavy (non-hydrogen) atoms. The summed E-state index contributed by atoms with van der Waals surface area (Å²) in [7, 11) is 0. The fourth-order valence-corrected chi connectivity index (χ4v) is 3.36. The summed E-state index contributed by atoms with van der Waals surface area (Å²) in [5, 5.41) is 2.99. The van der Waals surface area contributed by atoms with E-state index in [2.05, 4.69) is 5.32 Å². The Morgan fingerprint density at radius 2 is 1.58 bits per heavy atom. The average Bonchev–Trinajstić information content (AvgIpc) is 2.66. The standard InChI is InChI=1S/C22H21NO2S/c1-16-10-6-8-14-20(16)25-17(2)22(24)23-19-13-7-9-15-21(19)26-18-11-4-3-5-12-18/h3-15,17H,1-2H3,(H,23,24)/t17-/m0/s1. The number of anilines is 1. The lowest BCUT2D eigenvalue weighted by Crippen LogP contribution is -2.30. The molecule has 0 saturated carbocycles. The number of carbonyl (C=O) groups excluding carboxylic acids is 1. The van der Waals surface area contributed by atoms with Gasteiger partial charge in [-0.25, -0.2) is 0 Å². The number of carbonyl (C=O) groups is 1. The van der Waals surface area contributed by atoms with E-state index in [1.807, 2.05) is 85.8 Å². The summed E-state index contributed by atoms with van der Waals surface area (Å²) in [6.07, 6.45) is -0.592. The van der Waals surface area contributed by atoms with E-state index in [9.17, 15) is 4.79 Å². The Kier molecular flexibility index (Phi) is 5.97. The monoisotopic (exact) mass is 363 g/mol. The number of hydrogen-bond acceptors (Lipinski definition) is 3. The van der Waals surface area contributed by atoms with Gasteiger partial charge in [-0.05, 0) is 49.7 Å². The van der Waals surface area contributed by atoms with E-state index in [-0.39, 0.29) is 5.91 Å². The Bertz CT molecular complexity index is 880. The molecule has 0 aliphatic carbocycles. The van der Waals surface area contributed by atoms with Gasteiger partial charge < -0.3 is 10.1 Å². The molecular weight excluding hydrogens is 342 g/mol. The van der Waals surface area contributed by atoms with Gasteiger partial charge in [0.15, 0.2) is 6.10 Å². The molecule has 0 aliphatic heterocycles. The minimum Gasteiger partial charge on any atom is -0.481 e. The van der Waals surface area contributed by atoms with Crippen molar-refractivity contribution in [1.82, 2.24) is 0 Å². The molecule has 3 aromatic carbocycles. The Labute approximate surface area is 158 Å². The molecule has 0 saturated heterocycles. The first kappa shape index (κ1) is 18.1. The SMILES string of the molecule is Cc1ccccc1O[C@@H](C)C(=O)Nc1ccccc1Sc1ccccc1. The van der Waals surface area contributed by atoms with Crippen LogP contribution in [0.25, 0.3) is 0 Å². The molecule has 0 bridgehead atoms. The van der Waals surface area contributed by atoms with E-state index in [1.165, 1.54) is 0 Å². The topological polar surface area (TPSA) is 38.3 Å². The lowest BCUT2D eigenvalue weighted by atomic mass is 10.2. The number of para-hydroxylation sites is 2. The van der Waals surface area contributed by atoms with Gasteiger partial charge in [0.05, 0.1) is 5.69 Å². The number of amides is 1. The number of ether oxygens (including phenoxy) is 1. The van der Waals surface area contributed by atoms with E-state index in [0.29, 0.717) is 0 Å². The Hall–Kier alpha value is -2.72. The van der Waals surface area contributed by atoms with Gasteiger partial charge in [-0.3, -0.25) is 4.79 Å². The zero-order chi connectivity index (χ0) is 18.4. The third-order valence-corrected chi connectivity index (χ3v) is 4.97. The molecule has 1 atom stereocenters. The minimum atomic E-state index is -0.592. The van der Waals surface area contributed by atoms with Crippen molar-refractivity contribution in [2.45, 2.75) is 29.7 Å². The van der Waals surface area contributed by atoms with Gasteiger partial charge in [0.25, 0.3) is 5.91 Å². The highest BCUT2D eigenvalue weighted by Crippen LogP contribution is 2.33. The van der Waals surface area contributed by atoms with Gasteiger partial charge in [-0.1, -0.05) is 60.3 Å². The molecule has 0 heterocycles. The van der Waals surface area contributed by atoms with Crippen molar-refractivity contribution >= 4 is 23.4 Å². The van der Waals surface area contributed by atoms with Crippen molar-refractivity contribution in [3.63, 3.8) is 0 Å². The summed E-state index contributed by atoms with van der Waals surface area (Å²) in [6, 6.07) is 25.6. The molecule has 0 fully saturated rings. The molecule has 1 N–H and O–H groups in total. The van der Waals surface area contributed by atoms with E-state index in [1.54, 1.807) is 18.7 Å². The molecule has 0 unspecified atom stereocenters. The van der Waals surface area contributed by atoms with Crippen LogP contribution in [0.4, 0.5) is 5.69 Å². The van der Waals surface area contributed by atoms with Crippen molar-refractivity contribution < 1.29 is 9.53 Å². The number of hydrogen-bond donors (Lipinski definition) is 1. The zero-order valence-electron chi connectivity index (χ0n) is 14.8. The van der Waals surface area contributed by atoms with Crippen LogP contribution in [0.2, 0.25) is 0 Å². The number of nitrogens with one attached hydrogen (secondary N) is 1. The van der Waals surface area contributed by atoms with Crippen molar-refractivity contribution in [3.8, 4) is 5.75 Å². The summed E-state index contributed by atoms with van der Waals surface area (Å²) < 4.78 is 5.82.